The first-order chi connectivity index (χ1) is 10.8. The first-order valence-electron chi connectivity index (χ1n) is 7.76. The van der Waals surface area contributed by atoms with Gasteiger partial charge in [0.2, 0.25) is 0 Å². The molecule has 2 fully saturated rings. The monoisotopic (exact) mass is 332 g/mol. The highest BCUT2D eigenvalue weighted by molar-refractivity contribution is 5.69. The molecule has 0 aromatic heterocycles. The maximum atomic E-state index is 11.6. The zero-order valence-electron chi connectivity index (χ0n) is 13.6. The normalized spacial score (nSPS) is 30.0. The molecule has 0 saturated carbocycles. The highest BCUT2D eigenvalue weighted by atomic mass is 17.0. The third kappa shape index (κ3) is 5.29. The van der Waals surface area contributed by atoms with Crippen molar-refractivity contribution in [1.29, 1.82) is 0 Å². The fraction of sp³-hybridized carbons (Fsp3) is 0.929. The molecule has 9 heteroatoms. The van der Waals surface area contributed by atoms with Crippen molar-refractivity contribution in [3.05, 3.63) is 10.1 Å². The van der Waals surface area contributed by atoms with Gasteiger partial charge in [0.1, 0.15) is 17.8 Å². The lowest BCUT2D eigenvalue weighted by molar-refractivity contribution is -0.769. The summed E-state index contributed by atoms with van der Waals surface area (Å²) in [6.07, 6.45) is -0.397. The van der Waals surface area contributed by atoms with Gasteiger partial charge in [-0.2, -0.15) is 0 Å². The fourth-order valence-corrected chi connectivity index (χ4v) is 2.75. The van der Waals surface area contributed by atoms with E-state index in [4.69, 9.17) is 14.2 Å². The summed E-state index contributed by atoms with van der Waals surface area (Å²) in [4.78, 5) is 26.6. The molecule has 0 aromatic carbocycles. The summed E-state index contributed by atoms with van der Waals surface area (Å²) < 4.78 is 16.3. The lowest BCUT2D eigenvalue weighted by atomic mass is 10.1. The molecule has 1 N–H and O–H groups in total. The molecule has 4 atom stereocenters. The van der Waals surface area contributed by atoms with Gasteiger partial charge in [-0.15, -0.1) is 10.1 Å². The molecular weight excluding hydrogens is 308 g/mol. The Kier molecular flexibility index (Phi) is 5.77. The van der Waals surface area contributed by atoms with Crippen molar-refractivity contribution >= 4 is 5.97 Å². The molecule has 2 saturated heterocycles. The Labute approximate surface area is 134 Å². The molecule has 2 rings (SSSR count). The molecule has 0 unspecified atom stereocenters. The van der Waals surface area contributed by atoms with E-state index in [0.717, 1.165) is 0 Å². The summed E-state index contributed by atoms with van der Waals surface area (Å²) in [7, 11) is 0. The van der Waals surface area contributed by atoms with Crippen molar-refractivity contribution in [3.8, 4) is 0 Å². The van der Waals surface area contributed by atoms with Gasteiger partial charge in [-0.05, 0) is 33.7 Å². The topological polar surface area (TPSA) is 109 Å². The quantitative estimate of drug-likeness (QED) is 0.310. The van der Waals surface area contributed by atoms with Crippen molar-refractivity contribution in [2.24, 2.45) is 0 Å². The Bertz CT molecular complexity index is 437. The predicted octanol–water partition coefficient (Wildman–Crippen LogP) is 0.441. The fourth-order valence-electron chi connectivity index (χ4n) is 2.75. The molecule has 132 valence electrons. The maximum absolute atomic E-state index is 11.6. The lowest BCUT2D eigenvalue weighted by Gasteiger charge is -2.20. The highest BCUT2D eigenvalue weighted by Crippen LogP contribution is 2.28. The number of ether oxygens (including phenoxy) is 3. The van der Waals surface area contributed by atoms with Gasteiger partial charge in [-0.25, -0.2) is 0 Å². The van der Waals surface area contributed by atoms with Crippen LogP contribution < -0.4 is 5.32 Å². The van der Waals surface area contributed by atoms with Crippen molar-refractivity contribution in [1.82, 2.24) is 5.32 Å². The smallest absolute Gasteiger partial charge is 0.306 e. The van der Waals surface area contributed by atoms with Crippen LogP contribution in [0.4, 0.5) is 0 Å². The molecule has 0 aromatic rings. The number of nitrogens with zero attached hydrogens (tertiary/aromatic N) is 1. The Balaban J connectivity index is 1.66. The number of hydrogen-bond donors (Lipinski definition) is 1. The number of esters is 1. The summed E-state index contributed by atoms with van der Waals surface area (Å²) >= 11 is 0. The Morgan fingerprint density at radius 3 is 2.65 bits per heavy atom. The van der Waals surface area contributed by atoms with Crippen LogP contribution in [-0.2, 0) is 23.8 Å². The lowest BCUT2D eigenvalue weighted by Crippen LogP contribution is -2.42. The molecule has 0 radical (unpaired) electrons. The van der Waals surface area contributed by atoms with Crippen molar-refractivity contribution < 1.29 is 28.9 Å². The second-order valence-electron chi connectivity index (χ2n) is 6.71. The second-order valence-corrected chi connectivity index (χ2v) is 6.71. The summed E-state index contributed by atoms with van der Waals surface area (Å²) in [6.45, 7) is 6.66. The zero-order valence-corrected chi connectivity index (χ0v) is 13.6. The van der Waals surface area contributed by atoms with E-state index in [1.54, 1.807) is 0 Å². The van der Waals surface area contributed by atoms with Crippen LogP contribution in [-0.4, -0.2) is 60.8 Å². The van der Waals surface area contributed by atoms with E-state index in [1.807, 2.05) is 20.8 Å². The largest absolute Gasteiger partial charge is 0.460 e. The van der Waals surface area contributed by atoms with Crippen LogP contribution in [0.2, 0.25) is 0 Å². The molecule has 2 aliphatic rings. The van der Waals surface area contributed by atoms with Crippen LogP contribution in [0.25, 0.3) is 0 Å². The minimum atomic E-state index is -0.818. The van der Waals surface area contributed by atoms with Crippen molar-refractivity contribution in [2.45, 2.75) is 63.6 Å². The second kappa shape index (κ2) is 7.41. The first-order valence-corrected chi connectivity index (χ1v) is 7.76. The van der Waals surface area contributed by atoms with Crippen LogP contribution in [0.5, 0.6) is 0 Å². The highest BCUT2D eigenvalue weighted by Gasteiger charge is 2.49. The van der Waals surface area contributed by atoms with E-state index >= 15 is 0 Å². The van der Waals surface area contributed by atoms with Gasteiger partial charge in [-0.1, -0.05) is 0 Å². The standard InChI is InChI=1S/C14H24N2O7/c1-14(2,3)22-11(17)5-4-6-15-9-7-20-13-10(23-16(18)19)8-21-12(9)13/h9-10,12-13,15H,4-8H2,1-3H3/t9-,10+,12-,13-/m1/s1. The van der Waals surface area contributed by atoms with Crippen molar-refractivity contribution in [3.63, 3.8) is 0 Å². The Hall–Kier alpha value is -1.45. The summed E-state index contributed by atoms with van der Waals surface area (Å²) in [6, 6.07) is -0.0565. The van der Waals surface area contributed by atoms with E-state index in [0.29, 0.717) is 26.0 Å². The Morgan fingerprint density at radius 2 is 2.00 bits per heavy atom. The van der Waals surface area contributed by atoms with E-state index in [1.165, 1.54) is 0 Å². The number of carbonyl (C=O) groups is 1. The number of carbonyl (C=O) groups excluding carboxylic acids is 1. The summed E-state index contributed by atoms with van der Waals surface area (Å²) in [5.74, 6) is -0.226. The van der Waals surface area contributed by atoms with Gasteiger partial charge in [0.25, 0.3) is 5.09 Å². The molecule has 23 heavy (non-hydrogen) atoms. The van der Waals surface area contributed by atoms with Crippen molar-refractivity contribution in [2.75, 3.05) is 19.8 Å². The third-order valence-corrected chi connectivity index (χ3v) is 3.61. The summed E-state index contributed by atoms with van der Waals surface area (Å²) in [5, 5.41) is 12.9. The summed E-state index contributed by atoms with van der Waals surface area (Å²) in [5.41, 5.74) is -0.471. The van der Waals surface area contributed by atoms with Crippen LogP contribution >= 0.6 is 0 Å². The third-order valence-electron chi connectivity index (χ3n) is 3.61. The molecule has 2 heterocycles. The molecule has 0 spiro atoms. The number of rotatable bonds is 7. The van der Waals surface area contributed by atoms with Gasteiger partial charge in [0.05, 0.1) is 19.3 Å². The first kappa shape index (κ1) is 17.9. The molecule has 9 nitrogen and oxygen atoms in total. The van der Waals surface area contributed by atoms with E-state index in [2.05, 4.69) is 10.2 Å². The number of hydrogen-bond acceptors (Lipinski definition) is 8. The minimum absolute atomic E-state index is 0.0565. The number of nitrogens with one attached hydrogen (secondary N) is 1. The van der Waals surface area contributed by atoms with Crippen LogP contribution in [0.1, 0.15) is 33.6 Å². The molecule has 0 aliphatic carbocycles. The van der Waals surface area contributed by atoms with Gasteiger partial charge >= 0.3 is 5.97 Å². The van der Waals surface area contributed by atoms with Crippen LogP contribution in [0.15, 0.2) is 0 Å². The van der Waals surface area contributed by atoms with Gasteiger partial charge in [-0.3, -0.25) is 4.79 Å². The van der Waals surface area contributed by atoms with Crippen LogP contribution in [0, 0.1) is 10.1 Å². The number of fused-ring (bicyclic) bond motifs is 1. The van der Waals surface area contributed by atoms with Gasteiger partial charge < -0.3 is 24.4 Å². The predicted molar refractivity (Wildman–Crippen MR) is 78.2 cm³/mol. The minimum Gasteiger partial charge on any atom is -0.460 e. The van der Waals surface area contributed by atoms with E-state index in [-0.39, 0.29) is 24.7 Å². The SMILES string of the molecule is CC(C)(C)OC(=O)CCCN[C@@H]1CO[C@H]2[C@@H]1OC[C@@H]2O[N+](=O)[O-]. The average Bonchev–Trinajstić information content (AvgIpc) is 2.96. The average molecular weight is 332 g/mol. The molecule has 2 aliphatic heterocycles. The zero-order chi connectivity index (χ0) is 17.0. The van der Waals surface area contributed by atoms with E-state index < -0.39 is 22.9 Å². The van der Waals surface area contributed by atoms with Gasteiger partial charge in [0.15, 0.2) is 6.10 Å². The maximum Gasteiger partial charge on any atom is 0.306 e. The molecular formula is C14H24N2O7. The molecule has 0 bridgehead atoms. The van der Waals surface area contributed by atoms with Gasteiger partial charge in [0, 0.05) is 6.42 Å². The van der Waals surface area contributed by atoms with E-state index in [9.17, 15) is 14.9 Å². The Morgan fingerprint density at radius 1 is 1.30 bits per heavy atom. The van der Waals surface area contributed by atoms with Crippen LogP contribution in [0.3, 0.4) is 0 Å². The molecule has 0 amide bonds.